The highest BCUT2D eigenvalue weighted by molar-refractivity contribution is 7.92. The van der Waals surface area contributed by atoms with E-state index in [1.165, 1.54) is 24.3 Å². The maximum absolute atomic E-state index is 13.6. The van der Waals surface area contributed by atoms with Crippen molar-refractivity contribution in [3.05, 3.63) is 57.8 Å². The van der Waals surface area contributed by atoms with E-state index in [0.717, 1.165) is 12.1 Å². The van der Waals surface area contributed by atoms with E-state index in [0.29, 0.717) is 0 Å². The zero-order valence-electron chi connectivity index (χ0n) is 10.3. The van der Waals surface area contributed by atoms with E-state index >= 15 is 0 Å². The smallest absolute Gasteiger partial charge is 0.263 e. The largest absolute Gasteiger partial charge is 0.277 e. The molecule has 0 aliphatic heterocycles. The van der Waals surface area contributed by atoms with E-state index in [4.69, 9.17) is 28.5 Å². The first-order valence-electron chi connectivity index (χ1n) is 5.51. The van der Waals surface area contributed by atoms with E-state index in [1.54, 1.807) is 6.07 Å². The highest BCUT2D eigenvalue weighted by atomic mass is 35.5. The molecule has 0 radical (unpaired) electrons. The van der Waals surface area contributed by atoms with E-state index in [2.05, 4.69) is 4.72 Å². The van der Waals surface area contributed by atoms with Gasteiger partial charge in [-0.25, -0.2) is 12.8 Å². The number of nitrogens with zero attached hydrogens (tertiary/aromatic N) is 1. The first-order valence-corrected chi connectivity index (χ1v) is 7.75. The fourth-order valence-corrected chi connectivity index (χ4v) is 3.30. The van der Waals surface area contributed by atoms with Crippen LogP contribution in [0, 0.1) is 17.1 Å². The summed E-state index contributed by atoms with van der Waals surface area (Å²) in [6.07, 6.45) is 0. The van der Waals surface area contributed by atoms with Crippen LogP contribution in [-0.2, 0) is 10.0 Å². The molecule has 0 amide bonds. The molecule has 2 aromatic rings. The van der Waals surface area contributed by atoms with Crippen molar-refractivity contribution in [3.8, 4) is 6.07 Å². The van der Waals surface area contributed by atoms with Gasteiger partial charge in [0.05, 0.1) is 22.3 Å². The summed E-state index contributed by atoms with van der Waals surface area (Å²) in [6.45, 7) is 0. The van der Waals surface area contributed by atoms with Gasteiger partial charge in [-0.2, -0.15) is 5.26 Å². The number of anilines is 1. The van der Waals surface area contributed by atoms with E-state index in [-0.39, 0.29) is 26.2 Å². The quantitative estimate of drug-likeness (QED) is 0.920. The molecule has 0 aliphatic rings. The Morgan fingerprint density at radius 2 is 1.86 bits per heavy atom. The maximum atomic E-state index is 13.6. The van der Waals surface area contributed by atoms with Gasteiger partial charge >= 0.3 is 0 Å². The molecule has 8 heteroatoms. The van der Waals surface area contributed by atoms with Gasteiger partial charge in [0, 0.05) is 5.02 Å². The van der Waals surface area contributed by atoms with Crippen LogP contribution in [0.15, 0.2) is 41.3 Å². The van der Waals surface area contributed by atoms with Crippen LogP contribution in [-0.4, -0.2) is 8.42 Å². The number of hydrogen-bond acceptors (Lipinski definition) is 3. The number of nitrogens with one attached hydrogen (secondary N) is 1. The molecule has 0 aromatic heterocycles. The highest BCUT2D eigenvalue weighted by Gasteiger charge is 2.20. The molecule has 0 spiro atoms. The minimum absolute atomic E-state index is 0.0733. The fraction of sp³-hybridized carbons (Fsp3) is 0. The number of halogens is 3. The van der Waals surface area contributed by atoms with Crippen molar-refractivity contribution >= 4 is 38.9 Å². The Labute approximate surface area is 130 Å². The topological polar surface area (TPSA) is 70.0 Å². The van der Waals surface area contributed by atoms with Crippen LogP contribution in [0.1, 0.15) is 5.56 Å². The van der Waals surface area contributed by atoms with Gasteiger partial charge < -0.3 is 0 Å². The predicted octanol–water partition coefficient (Wildman–Crippen LogP) is 3.80. The minimum Gasteiger partial charge on any atom is -0.277 e. The van der Waals surface area contributed by atoms with Gasteiger partial charge in [-0.15, -0.1) is 0 Å². The lowest BCUT2D eigenvalue weighted by Crippen LogP contribution is -2.14. The van der Waals surface area contributed by atoms with Gasteiger partial charge in [0.25, 0.3) is 10.0 Å². The molecule has 0 aliphatic carbocycles. The fourth-order valence-electron chi connectivity index (χ4n) is 1.55. The van der Waals surface area contributed by atoms with Gasteiger partial charge in [0.2, 0.25) is 0 Å². The Morgan fingerprint density at radius 3 is 2.48 bits per heavy atom. The third-order valence-electron chi connectivity index (χ3n) is 2.53. The second-order valence-corrected chi connectivity index (χ2v) is 6.48. The van der Waals surface area contributed by atoms with Crippen molar-refractivity contribution in [1.82, 2.24) is 0 Å². The average molecular weight is 345 g/mol. The Bertz CT molecular complexity index is 848. The van der Waals surface area contributed by atoms with Crippen LogP contribution in [0.4, 0.5) is 10.1 Å². The number of sulfonamides is 1. The number of benzene rings is 2. The molecule has 0 bridgehead atoms. The standard InChI is InChI=1S/C13H7Cl2FN2O2S/c14-9-2-4-12(11(16)6-9)18-21(19,20)13-5-8(7-17)1-3-10(13)15/h1-6,18H. The van der Waals surface area contributed by atoms with E-state index < -0.39 is 15.8 Å². The molecule has 0 heterocycles. The van der Waals surface area contributed by atoms with Gasteiger partial charge in [0.15, 0.2) is 0 Å². The van der Waals surface area contributed by atoms with Crippen molar-refractivity contribution in [3.63, 3.8) is 0 Å². The molecule has 0 saturated carbocycles. The molecule has 0 fully saturated rings. The lowest BCUT2D eigenvalue weighted by Gasteiger charge is -2.10. The summed E-state index contributed by atoms with van der Waals surface area (Å²) in [5, 5.41) is 8.87. The van der Waals surface area contributed by atoms with Gasteiger partial charge in [-0.05, 0) is 36.4 Å². The van der Waals surface area contributed by atoms with Gasteiger partial charge in [-0.3, -0.25) is 4.72 Å². The van der Waals surface area contributed by atoms with Crippen molar-refractivity contribution in [2.75, 3.05) is 4.72 Å². The van der Waals surface area contributed by atoms with Crippen molar-refractivity contribution in [2.45, 2.75) is 4.90 Å². The lowest BCUT2D eigenvalue weighted by atomic mass is 10.2. The van der Waals surface area contributed by atoms with Crippen molar-refractivity contribution in [1.29, 1.82) is 5.26 Å². The molecule has 108 valence electrons. The molecule has 0 saturated heterocycles. The number of hydrogen-bond donors (Lipinski definition) is 1. The van der Waals surface area contributed by atoms with Gasteiger partial charge in [0.1, 0.15) is 10.7 Å². The van der Waals surface area contributed by atoms with E-state index in [9.17, 15) is 12.8 Å². The molecule has 0 atom stereocenters. The summed E-state index contributed by atoms with van der Waals surface area (Å²) in [7, 11) is -4.13. The summed E-state index contributed by atoms with van der Waals surface area (Å²) in [5.74, 6) is -0.821. The summed E-state index contributed by atoms with van der Waals surface area (Å²) in [5.41, 5.74) is -0.144. The second-order valence-electron chi connectivity index (χ2n) is 3.99. The molecule has 1 N–H and O–H groups in total. The monoisotopic (exact) mass is 344 g/mol. The van der Waals surface area contributed by atoms with E-state index in [1.807, 2.05) is 0 Å². The Morgan fingerprint density at radius 1 is 1.14 bits per heavy atom. The molecular formula is C13H7Cl2FN2O2S. The highest BCUT2D eigenvalue weighted by Crippen LogP contribution is 2.26. The van der Waals surface area contributed by atoms with Crippen LogP contribution >= 0.6 is 23.2 Å². The third-order valence-corrected chi connectivity index (χ3v) is 4.61. The predicted molar refractivity (Wildman–Crippen MR) is 78.4 cm³/mol. The SMILES string of the molecule is N#Cc1ccc(Cl)c(S(=O)(=O)Nc2ccc(Cl)cc2F)c1. The number of nitriles is 1. The average Bonchev–Trinajstić information content (AvgIpc) is 2.42. The maximum Gasteiger partial charge on any atom is 0.263 e. The lowest BCUT2D eigenvalue weighted by molar-refractivity contribution is 0.598. The van der Waals surface area contributed by atoms with Crippen LogP contribution in [0.2, 0.25) is 10.0 Å². The molecule has 2 rings (SSSR count). The number of rotatable bonds is 3. The molecule has 21 heavy (non-hydrogen) atoms. The van der Waals surface area contributed by atoms with Crippen LogP contribution in [0.25, 0.3) is 0 Å². The van der Waals surface area contributed by atoms with Gasteiger partial charge in [-0.1, -0.05) is 23.2 Å². The zero-order chi connectivity index (χ0) is 15.6. The Hall–Kier alpha value is -1.81. The third kappa shape index (κ3) is 3.45. The molecule has 0 unspecified atom stereocenters. The first-order chi connectivity index (χ1) is 9.83. The summed E-state index contributed by atoms with van der Waals surface area (Å²) >= 11 is 11.4. The normalized spacial score (nSPS) is 11.0. The second kappa shape index (κ2) is 5.90. The first kappa shape index (κ1) is 15.6. The van der Waals surface area contributed by atoms with Crippen molar-refractivity contribution < 1.29 is 12.8 Å². The molecule has 4 nitrogen and oxygen atoms in total. The molecule has 2 aromatic carbocycles. The van der Waals surface area contributed by atoms with Crippen LogP contribution in [0.3, 0.4) is 0 Å². The molecular weight excluding hydrogens is 338 g/mol. The Balaban J connectivity index is 2.46. The zero-order valence-corrected chi connectivity index (χ0v) is 12.6. The summed E-state index contributed by atoms with van der Waals surface area (Å²) < 4.78 is 40.2. The van der Waals surface area contributed by atoms with Crippen molar-refractivity contribution in [2.24, 2.45) is 0 Å². The van der Waals surface area contributed by atoms with Crippen LogP contribution in [0.5, 0.6) is 0 Å². The summed E-state index contributed by atoms with van der Waals surface area (Å²) in [4.78, 5) is -0.308. The minimum atomic E-state index is -4.13. The Kier molecular flexibility index (Phi) is 4.37. The summed E-state index contributed by atoms with van der Waals surface area (Å²) in [6, 6.07) is 9.09. The van der Waals surface area contributed by atoms with Crippen LogP contribution < -0.4 is 4.72 Å².